The Morgan fingerprint density at radius 1 is 0.550 bits per heavy atom. The van der Waals surface area contributed by atoms with Gasteiger partial charge in [0.15, 0.2) is 0 Å². The summed E-state index contributed by atoms with van der Waals surface area (Å²) in [5.41, 5.74) is 9.07. The maximum atomic E-state index is 6.52. The SMILES string of the molecule is CC1(C)OB(c2cccnc2-c2cccc3c2-c2ccccc2C3(c2ccccc2)c2ccccc2)OC1(C)C. The average molecular weight is 521 g/mol. The highest BCUT2D eigenvalue weighted by molar-refractivity contribution is 6.63. The van der Waals surface area contributed by atoms with Crippen LogP contribution in [0.25, 0.3) is 22.4 Å². The summed E-state index contributed by atoms with van der Waals surface area (Å²) in [4.78, 5) is 4.97. The summed E-state index contributed by atoms with van der Waals surface area (Å²) in [5.74, 6) is 0. The van der Waals surface area contributed by atoms with E-state index in [1.54, 1.807) is 0 Å². The summed E-state index contributed by atoms with van der Waals surface area (Å²) in [6, 6.07) is 41.3. The van der Waals surface area contributed by atoms with Gasteiger partial charge in [0.25, 0.3) is 0 Å². The van der Waals surface area contributed by atoms with Crippen molar-refractivity contribution in [2.45, 2.75) is 44.3 Å². The van der Waals surface area contributed by atoms with E-state index in [9.17, 15) is 0 Å². The zero-order chi connectivity index (χ0) is 27.5. The van der Waals surface area contributed by atoms with Gasteiger partial charge >= 0.3 is 7.12 Å². The molecule has 40 heavy (non-hydrogen) atoms. The third-order valence-corrected chi connectivity index (χ3v) is 9.08. The van der Waals surface area contributed by atoms with Crippen LogP contribution in [-0.4, -0.2) is 23.3 Å². The molecule has 0 saturated carbocycles. The van der Waals surface area contributed by atoms with Crippen molar-refractivity contribution < 1.29 is 9.31 Å². The predicted octanol–water partition coefficient (Wildman–Crippen LogP) is 7.41. The normalized spacial score (nSPS) is 17.9. The van der Waals surface area contributed by atoms with E-state index in [1.807, 2.05) is 12.3 Å². The molecule has 0 spiro atoms. The molecule has 0 atom stereocenters. The highest BCUT2D eigenvalue weighted by atomic mass is 16.7. The van der Waals surface area contributed by atoms with E-state index in [0.717, 1.165) is 16.7 Å². The van der Waals surface area contributed by atoms with Crippen LogP contribution < -0.4 is 5.46 Å². The minimum absolute atomic E-state index is 0.439. The fourth-order valence-corrected chi connectivity index (χ4v) is 6.49. The molecule has 1 aliphatic carbocycles. The summed E-state index contributed by atoms with van der Waals surface area (Å²) in [6.07, 6.45) is 1.87. The second kappa shape index (κ2) is 9.02. The highest BCUT2D eigenvalue weighted by Gasteiger charge is 2.53. The summed E-state index contributed by atoms with van der Waals surface area (Å²) in [7, 11) is -0.505. The van der Waals surface area contributed by atoms with Crippen molar-refractivity contribution in [1.29, 1.82) is 0 Å². The molecule has 2 aliphatic rings. The molecule has 1 fully saturated rings. The Morgan fingerprint density at radius 3 is 1.75 bits per heavy atom. The molecule has 7 rings (SSSR count). The molecular weight excluding hydrogens is 489 g/mol. The monoisotopic (exact) mass is 521 g/mol. The van der Waals surface area contributed by atoms with Crippen molar-refractivity contribution in [2.75, 3.05) is 0 Å². The first-order chi connectivity index (χ1) is 19.3. The van der Waals surface area contributed by atoms with Gasteiger partial charge in [0.05, 0.1) is 22.3 Å². The molecule has 0 unspecified atom stereocenters. The lowest BCUT2D eigenvalue weighted by Gasteiger charge is -2.34. The molecule has 0 radical (unpaired) electrons. The van der Waals surface area contributed by atoms with Crippen molar-refractivity contribution in [1.82, 2.24) is 4.98 Å². The Morgan fingerprint density at radius 2 is 1.10 bits per heavy atom. The summed E-state index contributed by atoms with van der Waals surface area (Å²) < 4.78 is 13.0. The van der Waals surface area contributed by atoms with Crippen molar-refractivity contribution in [3.63, 3.8) is 0 Å². The molecule has 0 amide bonds. The van der Waals surface area contributed by atoms with E-state index in [-0.39, 0.29) is 0 Å². The molecule has 5 aromatic rings. The largest absolute Gasteiger partial charge is 0.497 e. The van der Waals surface area contributed by atoms with Gasteiger partial charge in [0.1, 0.15) is 0 Å². The molecular formula is C36H32BNO2. The van der Waals surface area contributed by atoms with Crippen LogP contribution in [0.2, 0.25) is 0 Å². The lowest BCUT2D eigenvalue weighted by Crippen LogP contribution is -2.41. The minimum atomic E-state index is -0.505. The Balaban J connectivity index is 1.52. The second-order valence-electron chi connectivity index (χ2n) is 11.8. The standard InChI is InChI=1S/C36H32BNO2/c1-34(2)35(3,4)40-37(39-34)31-23-14-24-38-33(31)28-20-13-22-30-32(28)27-19-11-12-21-29(27)36(30,25-15-7-5-8-16-25)26-17-9-6-10-18-26/h5-24H,1-4H3. The molecule has 4 heteroatoms. The van der Waals surface area contributed by atoms with Gasteiger partial charge in [0, 0.05) is 17.2 Å². The molecule has 1 aromatic heterocycles. The van der Waals surface area contributed by atoms with Gasteiger partial charge in [-0.15, -0.1) is 0 Å². The molecule has 0 N–H and O–H groups in total. The highest BCUT2D eigenvalue weighted by Crippen LogP contribution is 2.58. The smallest absolute Gasteiger partial charge is 0.399 e. The van der Waals surface area contributed by atoms with Crippen LogP contribution in [-0.2, 0) is 14.7 Å². The van der Waals surface area contributed by atoms with E-state index in [1.165, 1.54) is 33.4 Å². The molecule has 196 valence electrons. The molecule has 1 aliphatic heterocycles. The van der Waals surface area contributed by atoms with Crippen LogP contribution in [0.3, 0.4) is 0 Å². The number of aromatic nitrogens is 1. The zero-order valence-electron chi connectivity index (χ0n) is 23.4. The van der Waals surface area contributed by atoms with Crippen LogP contribution >= 0.6 is 0 Å². The third kappa shape index (κ3) is 3.49. The average Bonchev–Trinajstić information content (AvgIpc) is 3.41. The third-order valence-electron chi connectivity index (χ3n) is 9.08. The summed E-state index contributed by atoms with van der Waals surface area (Å²) in [6.45, 7) is 8.36. The lowest BCUT2D eigenvalue weighted by molar-refractivity contribution is 0.00578. The van der Waals surface area contributed by atoms with Crippen LogP contribution in [0.5, 0.6) is 0 Å². The van der Waals surface area contributed by atoms with E-state index in [0.29, 0.717) is 0 Å². The number of hydrogen-bond donors (Lipinski definition) is 0. The number of pyridine rings is 1. The Bertz CT molecular complexity index is 1660. The van der Waals surface area contributed by atoms with Crippen LogP contribution in [0.15, 0.2) is 121 Å². The first-order valence-corrected chi connectivity index (χ1v) is 14.0. The molecule has 3 nitrogen and oxygen atoms in total. The van der Waals surface area contributed by atoms with Crippen molar-refractivity contribution >= 4 is 12.6 Å². The maximum Gasteiger partial charge on any atom is 0.497 e. The fourth-order valence-electron chi connectivity index (χ4n) is 6.49. The Hall–Kier alpha value is -3.99. The number of benzene rings is 4. The molecule has 2 heterocycles. The van der Waals surface area contributed by atoms with Crippen molar-refractivity contribution in [3.05, 3.63) is 144 Å². The van der Waals surface area contributed by atoms with Gasteiger partial charge in [-0.25, -0.2) is 0 Å². The number of rotatable bonds is 4. The Kier molecular flexibility index (Phi) is 5.64. The van der Waals surface area contributed by atoms with Gasteiger partial charge in [-0.1, -0.05) is 109 Å². The summed E-state index contributed by atoms with van der Waals surface area (Å²) in [5, 5.41) is 0. The lowest BCUT2D eigenvalue weighted by atomic mass is 9.67. The number of nitrogens with zero attached hydrogens (tertiary/aromatic N) is 1. The van der Waals surface area contributed by atoms with Gasteiger partial charge in [-0.3, -0.25) is 4.98 Å². The van der Waals surface area contributed by atoms with E-state index >= 15 is 0 Å². The van der Waals surface area contributed by atoms with E-state index in [4.69, 9.17) is 14.3 Å². The van der Waals surface area contributed by atoms with Crippen molar-refractivity contribution in [2.24, 2.45) is 0 Å². The number of hydrogen-bond acceptors (Lipinski definition) is 3. The number of fused-ring (bicyclic) bond motifs is 3. The van der Waals surface area contributed by atoms with Crippen LogP contribution in [0, 0.1) is 0 Å². The topological polar surface area (TPSA) is 31.4 Å². The predicted molar refractivity (Wildman–Crippen MR) is 163 cm³/mol. The first kappa shape index (κ1) is 25.0. The summed E-state index contributed by atoms with van der Waals surface area (Å²) >= 11 is 0. The van der Waals surface area contributed by atoms with Gasteiger partial charge in [-0.05, 0) is 67.1 Å². The van der Waals surface area contributed by atoms with Gasteiger partial charge in [-0.2, -0.15) is 0 Å². The second-order valence-corrected chi connectivity index (χ2v) is 11.8. The molecule has 4 aromatic carbocycles. The maximum absolute atomic E-state index is 6.52. The quantitative estimate of drug-likeness (QED) is 0.227. The van der Waals surface area contributed by atoms with E-state index < -0.39 is 23.7 Å². The van der Waals surface area contributed by atoms with Crippen LogP contribution in [0.1, 0.15) is 49.9 Å². The van der Waals surface area contributed by atoms with Crippen molar-refractivity contribution in [3.8, 4) is 22.4 Å². The molecule has 1 saturated heterocycles. The Labute approximate surface area is 237 Å². The van der Waals surface area contributed by atoms with E-state index in [2.05, 4.69) is 137 Å². The van der Waals surface area contributed by atoms with Crippen LogP contribution in [0.4, 0.5) is 0 Å². The van der Waals surface area contributed by atoms with Gasteiger partial charge in [0.2, 0.25) is 0 Å². The van der Waals surface area contributed by atoms with Gasteiger partial charge < -0.3 is 9.31 Å². The first-order valence-electron chi connectivity index (χ1n) is 14.0. The molecule has 0 bridgehead atoms. The minimum Gasteiger partial charge on any atom is -0.399 e. The zero-order valence-corrected chi connectivity index (χ0v) is 23.4. The fraction of sp³-hybridized carbons (Fsp3) is 0.194.